The van der Waals surface area contributed by atoms with Crippen molar-refractivity contribution in [3.8, 4) is 0 Å². The van der Waals surface area contributed by atoms with Gasteiger partial charge in [-0.1, -0.05) is 52.3 Å². The van der Waals surface area contributed by atoms with Gasteiger partial charge in [0.15, 0.2) is 0 Å². The Balaban J connectivity index is 1.66. The fourth-order valence-electron chi connectivity index (χ4n) is 3.06. The van der Waals surface area contributed by atoms with Gasteiger partial charge in [0.05, 0.1) is 11.4 Å². The van der Waals surface area contributed by atoms with Crippen LogP contribution in [0.25, 0.3) is 17.0 Å². The largest absolute Gasteiger partial charge is 0.350 e. The van der Waals surface area contributed by atoms with Crippen molar-refractivity contribution in [2.45, 2.75) is 6.54 Å². The minimum absolute atomic E-state index is 0.239. The predicted molar refractivity (Wildman–Crippen MR) is 109 cm³/mol. The van der Waals surface area contributed by atoms with E-state index in [1.54, 1.807) is 0 Å². The quantitative estimate of drug-likeness (QED) is 0.541. The average molecular weight is 427 g/mol. The molecule has 0 N–H and O–H groups in total. The molecule has 0 spiro atoms. The fourth-order valence-corrected chi connectivity index (χ4v) is 4.30. The van der Waals surface area contributed by atoms with Gasteiger partial charge in [-0.3, -0.25) is 14.5 Å². The summed E-state index contributed by atoms with van der Waals surface area (Å²) in [4.78, 5) is 26.9. The van der Waals surface area contributed by atoms with Crippen LogP contribution >= 0.6 is 27.7 Å². The summed E-state index contributed by atoms with van der Waals surface area (Å²) < 4.78 is 2.91. The number of benzene rings is 2. The molecular weight excluding hydrogens is 412 g/mol. The van der Waals surface area contributed by atoms with E-state index in [0.717, 1.165) is 38.3 Å². The third-order valence-corrected chi connectivity index (χ3v) is 6.06. The molecule has 1 aliphatic rings. The number of aromatic nitrogens is 1. The maximum Gasteiger partial charge on any atom is 0.293 e. The van der Waals surface area contributed by atoms with E-state index < -0.39 is 0 Å². The van der Waals surface area contributed by atoms with Crippen LogP contribution in [-0.2, 0) is 18.4 Å². The van der Waals surface area contributed by atoms with Gasteiger partial charge in [-0.05, 0) is 35.5 Å². The zero-order chi connectivity index (χ0) is 18.3. The number of rotatable bonds is 3. The van der Waals surface area contributed by atoms with Crippen molar-refractivity contribution >= 4 is 55.8 Å². The molecule has 0 unspecified atom stereocenters. The molecule has 26 heavy (non-hydrogen) atoms. The highest BCUT2D eigenvalue weighted by atomic mass is 79.9. The molecule has 0 radical (unpaired) electrons. The van der Waals surface area contributed by atoms with E-state index in [2.05, 4.69) is 15.9 Å². The topological polar surface area (TPSA) is 42.3 Å². The summed E-state index contributed by atoms with van der Waals surface area (Å²) in [6.07, 6.45) is 3.79. The molecule has 130 valence electrons. The van der Waals surface area contributed by atoms with Gasteiger partial charge in [0.2, 0.25) is 0 Å². The summed E-state index contributed by atoms with van der Waals surface area (Å²) in [7, 11) is 1.97. The molecule has 0 saturated carbocycles. The zero-order valence-electron chi connectivity index (χ0n) is 14.0. The predicted octanol–water partition coefficient (Wildman–Crippen LogP) is 5.18. The Kier molecular flexibility index (Phi) is 4.46. The van der Waals surface area contributed by atoms with E-state index >= 15 is 0 Å². The molecule has 1 fully saturated rings. The molecule has 4 nitrogen and oxygen atoms in total. The van der Waals surface area contributed by atoms with Gasteiger partial charge in [-0.2, -0.15) is 0 Å². The van der Waals surface area contributed by atoms with Gasteiger partial charge in [0.25, 0.3) is 11.1 Å². The lowest BCUT2D eigenvalue weighted by Crippen LogP contribution is -2.27. The van der Waals surface area contributed by atoms with Crippen LogP contribution in [-0.4, -0.2) is 20.6 Å². The van der Waals surface area contributed by atoms with E-state index in [0.29, 0.717) is 4.91 Å². The highest BCUT2D eigenvalue weighted by Crippen LogP contribution is 2.35. The van der Waals surface area contributed by atoms with Crippen molar-refractivity contribution in [1.82, 2.24) is 9.47 Å². The van der Waals surface area contributed by atoms with Crippen molar-refractivity contribution in [2.24, 2.45) is 7.05 Å². The van der Waals surface area contributed by atoms with Gasteiger partial charge in [-0.25, -0.2) is 0 Å². The number of carbonyl (C=O) groups excluding carboxylic acids is 2. The summed E-state index contributed by atoms with van der Waals surface area (Å²) in [6.45, 7) is 0.263. The standard InChI is InChI=1S/C20H15BrN2O2S/c1-22-11-14(15-7-3-5-9-17(15)22)10-18-19(24)23(20(25)26-18)12-13-6-2-4-8-16(13)21/h2-11H,12H2,1H3/b18-10-. The molecule has 0 atom stereocenters. The Hall–Kier alpha value is -2.31. The Bertz CT molecular complexity index is 1070. The number of imide groups is 1. The summed E-state index contributed by atoms with van der Waals surface area (Å²) in [5.41, 5.74) is 2.93. The lowest BCUT2D eigenvalue weighted by Gasteiger charge is -2.13. The first-order valence-corrected chi connectivity index (χ1v) is 9.68. The third-order valence-electron chi connectivity index (χ3n) is 4.37. The van der Waals surface area contributed by atoms with E-state index in [4.69, 9.17) is 0 Å². The molecule has 3 aromatic rings. The van der Waals surface area contributed by atoms with Gasteiger partial charge in [-0.15, -0.1) is 0 Å². The highest BCUT2D eigenvalue weighted by molar-refractivity contribution is 9.10. The Morgan fingerprint density at radius 2 is 1.81 bits per heavy atom. The number of nitrogens with zero attached hydrogens (tertiary/aromatic N) is 2. The first kappa shape index (κ1) is 17.1. The Labute approximate surface area is 163 Å². The van der Waals surface area contributed by atoms with E-state index in [1.165, 1.54) is 4.90 Å². The van der Waals surface area contributed by atoms with Gasteiger partial charge in [0.1, 0.15) is 0 Å². The molecule has 0 bridgehead atoms. The lowest BCUT2D eigenvalue weighted by molar-refractivity contribution is -0.123. The number of carbonyl (C=O) groups is 2. The normalized spacial score (nSPS) is 16.2. The second kappa shape index (κ2) is 6.78. The summed E-state index contributed by atoms with van der Waals surface area (Å²) in [6, 6.07) is 15.6. The molecule has 1 aliphatic heterocycles. The van der Waals surface area contributed by atoms with Crippen LogP contribution in [0.3, 0.4) is 0 Å². The minimum atomic E-state index is -0.247. The molecule has 2 amide bonds. The summed E-state index contributed by atoms with van der Waals surface area (Å²) in [5, 5.41) is 0.824. The number of thioether (sulfide) groups is 1. The van der Waals surface area contributed by atoms with E-state index in [9.17, 15) is 9.59 Å². The second-order valence-electron chi connectivity index (χ2n) is 6.07. The Morgan fingerprint density at radius 3 is 2.62 bits per heavy atom. The van der Waals surface area contributed by atoms with Crippen LogP contribution in [0.15, 0.2) is 64.1 Å². The number of hydrogen-bond donors (Lipinski definition) is 0. The number of fused-ring (bicyclic) bond motifs is 1. The van der Waals surface area contributed by atoms with Gasteiger partial charge < -0.3 is 4.57 Å². The number of para-hydroxylation sites is 1. The monoisotopic (exact) mass is 426 g/mol. The Morgan fingerprint density at radius 1 is 1.08 bits per heavy atom. The average Bonchev–Trinajstić information content (AvgIpc) is 3.09. The molecule has 2 aromatic carbocycles. The molecule has 1 saturated heterocycles. The van der Waals surface area contributed by atoms with Gasteiger partial charge >= 0.3 is 0 Å². The van der Waals surface area contributed by atoms with Crippen molar-refractivity contribution in [3.63, 3.8) is 0 Å². The summed E-state index contributed by atoms with van der Waals surface area (Å²) >= 11 is 4.46. The highest BCUT2D eigenvalue weighted by Gasteiger charge is 2.35. The van der Waals surface area contributed by atoms with Crippen LogP contribution in [0, 0.1) is 0 Å². The van der Waals surface area contributed by atoms with E-state index in [1.807, 2.05) is 72.4 Å². The zero-order valence-corrected chi connectivity index (χ0v) is 16.4. The van der Waals surface area contributed by atoms with Gasteiger partial charge in [0, 0.05) is 34.2 Å². The maximum atomic E-state index is 12.8. The minimum Gasteiger partial charge on any atom is -0.350 e. The van der Waals surface area contributed by atoms with Crippen molar-refractivity contribution in [1.29, 1.82) is 0 Å². The van der Waals surface area contributed by atoms with Crippen molar-refractivity contribution in [3.05, 3.63) is 75.2 Å². The van der Waals surface area contributed by atoms with Crippen molar-refractivity contribution in [2.75, 3.05) is 0 Å². The smallest absolute Gasteiger partial charge is 0.293 e. The fraction of sp³-hybridized carbons (Fsp3) is 0.100. The SMILES string of the molecule is Cn1cc(/C=C2\SC(=O)N(Cc3ccccc3Br)C2=O)c2ccccc21. The molecular formula is C20H15BrN2O2S. The molecule has 4 rings (SSSR count). The molecule has 1 aromatic heterocycles. The second-order valence-corrected chi connectivity index (χ2v) is 7.92. The van der Waals surface area contributed by atoms with Crippen molar-refractivity contribution < 1.29 is 9.59 Å². The number of amides is 2. The van der Waals surface area contributed by atoms with E-state index in [-0.39, 0.29) is 17.7 Å². The maximum absolute atomic E-state index is 12.8. The number of aryl methyl sites for hydroxylation is 1. The number of halogens is 1. The van der Waals surface area contributed by atoms with Crippen LogP contribution in [0.1, 0.15) is 11.1 Å². The molecule has 6 heteroatoms. The molecule has 2 heterocycles. The lowest BCUT2D eigenvalue weighted by atomic mass is 10.1. The summed E-state index contributed by atoms with van der Waals surface area (Å²) in [5.74, 6) is -0.247. The van der Waals surface area contributed by atoms with Crippen LogP contribution < -0.4 is 0 Å². The van der Waals surface area contributed by atoms with Crippen LogP contribution in [0.4, 0.5) is 4.79 Å². The number of hydrogen-bond acceptors (Lipinski definition) is 3. The first-order chi connectivity index (χ1) is 12.5. The van der Waals surface area contributed by atoms with Crippen LogP contribution in [0.5, 0.6) is 0 Å². The van der Waals surface area contributed by atoms with Crippen LogP contribution in [0.2, 0.25) is 0 Å². The third kappa shape index (κ3) is 2.99. The first-order valence-electron chi connectivity index (χ1n) is 8.07. The molecule has 0 aliphatic carbocycles.